The lowest BCUT2D eigenvalue weighted by Crippen LogP contribution is -2.35. The molecule has 10 aromatic rings. The lowest BCUT2D eigenvalue weighted by atomic mass is 10.0. The van der Waals surface area contributed by atoms with Gasteiger partial charge in [-0.2, -0.15) is 0 Å². The number of amidine groups is 1. The molecule has 10 rings (SSSR count). The first-order valence-corrected chi connectivity index (χ1v) is 17.6. The van der Waals surface area contributed by atoms with Crippen LogP contribution >= 0.6 is 0 Å². The quantitative estimate of drug-likeness (QED) is 0.104. The maximum absolute atomic E-state index is 6.78. The highest BCUT2D eigenvalue weighted by Gasteiger charge is 2.21. The number of nitrogens with two attached hydrogens (primary N) is 1. The molecule has 250 valence electrons. The van der Waals surface area contributed by atoms with E-state index >= 15 is 0 Å². The van der Waals surface area contributed by atoms with Crippen LogP contribution in [0, 0.1) is 0 Å². The van der Waals surface area contributed by atoms with Crippen molar-refractivity contribution in [1.82, 2.24) is 9.88 Å². The zero-order valence-corrected chi connectivity index (χ0v) is 28.5. The zero-order valence-electron chi connectivity index (χ0n) is 28.5. The summed E-state index contributed by atoms with van der Waals surface area (Å²) in [4.78, 5) is 5.37. The summed E-state index contributed by atoms with van der Waals surface area (Å²) in [6.45, 7) is 2.12. The predicted molar refractivity (Wildman–Crippen MR) is 213 cm³/mol. The van der Waals surface area contributed by atoms with Crippen molar-refractivity contribution in [3.05, 3.63) is 174 Å². The van der Waals surface area contributed by atoms with Gasteiger partial charge in [-0.3, -0.25) is 4.99 Å². The van der Waals surface area contributed by atoms with Gasteiger partial charge in [0, 0.05) is 37.9 Å². The van der Waals surface area contributed by atoms with Crippen molar-refractivity contribution in [2.24, 2.45) is 10.7 Å². The third-order valence-corrected chi connectivity index (χ3v) is 10.2. The molecule has 0 fully saturated rings. The Bertz CT molecular complexity index is 2930. The minimum Gasteiger partial charge on any atom is -0.456 e. The Kier molecular flexibility index (Phi) is 6.98. The monoisotopic (exact) mass is 674 g/mol. The first kappa shape index (κ1) is 30.2. The fourth-order valence-electron chi connectivity index (χ4n) is 7.79. The summed E-state index contributed by atoms with van der Waals surface area (Å²) < 4.78 is 15.4. The van der Waals surface area contributed by atoms with E-state index in [-0.39, 0.29) is 6.04 Å². The van der Waals surface area contributed by atoms with E-state index < -0.39 is 6.17 Å². The number of furan rings is 2. The van der Waals surface area contributed by atoms with Gasteiger partial charge in [0.1, 0.15) is 28.8 Å². The number of rotatable bonds is 6. The van der Waals surface area contributed by atoms with Gasteiger partial charge in [0.2, 0.25) is 0 Å². The first-order chi connectivity index (χ1) is 25.6. The van der Waals surface area contributed by atoms with E-state index in [1.807, 2.05) is 54.6 Å². The fraction of sp³-hybridized carbons (Fsp3) is 0.0652. The van der Waals surface area contributed by atoms with Crippen LogP contribution in [0.2, 0.25) is 0 Å². The largest absolute Gasteiger partial charge is 0.456 e. The number of nitrogens with one attached hydrogen (secondary N) is 1. The molecule has 0 aliphatic heterocycles. The molecule has 6 nitrogen and oxygen atoms in total. The number of para-hydroxylation sites is 4. The molecule has 7 aromatic carbocycles. The minimum atomic E-state index is -0.474. The Hall–Kier alpha value is -6.63. The van der Waals surface area contributed by atoms with Crippen LogP contribution in [0.1, 0.15) is 35.8 Å². The Balaban J connectivity index is 1.13. The summed E-state index contributed by atoms with van der Waals surface area (Å²) in [5.74, 6) is 0.682. The molecule has 0 aliphatic carbocycles. The Labute approximate surface area is 299 Å². The Morgan fingerprint density at radius 3 is 2.02 bits per heavy atom. The van der Waals surface area contributed by atoms with Gasteiger partial charge < -0.3 is 24.5 Å². The van der Waals surface area contributed by atoms with Crippen LogP contribution in [0.5, 0.6) is 0 Å². The molecule has 0 spiro atoms. The number of aliphatic imine (C=N–C) groups is 1. The molecule has 6 heteroatoms. The standard InChI is InChI=1S/C46H34N4O2/c1-28(48-46(49-45(47)29-13-3-2-4-14-29)30-25-26-35-34-17-7-10-23-40(34)51-42(35)27-30)31-18-12-24-41-43(31)36-19-11-22-39(44(36)52-41)50-37-20-8-5-15-32(37)33-16-6-9-21-38(33)50/h2-28,45H,47H2,1H3,(H,48,49). The average Bonchev–Trinajstić information content (AvgIpc) is 3.87. The summed E-state index contributed by atoms with van der Waals surface area (Å²) >= 11 is 0. The van der Waals surface area contributed by atoms with Crippen LogP contribution in [-0.2, 0) is 0 Å². The van der Waals surface area contributed by atoms with E-state index in [2.05, 4.69) is 120 Å². The number of fused-ring (bicyclic) bond motifs is 9. The summed E-state index contributed by atoms with van der Waals surface area (Å²) in [6.07, 6.45) is -0.474. The van der Waals surface area contributed by atoms with Crippen LogP contribution in [0.15, 0.2) is 172 Å². The van der Waals surface area contributed by atoms with Crippen molar-refractivity contribution in [3.63, 3.8) is 0 Å². The fourth-order valence-corrected chi connectivity index (χ4v) is 7.79. The molecular formula is C46H34N4O2. The number of benzene rings is 7. The minimum absolute atomic E-state index is 0.252. The molecule has 3 heterocycles. The van der Waals surface area contributed by atoms with Crippen LogP contribution in [-0.4, -0.2) is 10.4 Å². The third kappa shape index (κ3) is 4.80. The van der Waals surface area contributed by atoms with Crippen molar-refractivity contribution < 1.29 is 8.83 Å². The molecule has 2 atom stereocenters. The molecule has 0 radical (unpaired) electrons. The Morgan fingerprint density at radius 1 is 0.596 bits per heavy atom. The van der Waals surface area contributed by atoms with Gasteiger partial charge in [0.25, 0.3) is 0 Å². The molecule has 0 saturated heterocycles. The number of aromatic nitrogens is 1. The van der Waals surface area contributed by atoms with Crippen LogP contribution in [0.3, 0.4) is 0 Å². The van der Waals surface area contributed by atoms with Crippen molar-refractivity contribution in [2.45, 2.75) is 19.1 Å². The average molecular weight is 675 g/mol. The summed E-state index contributed by atoms with van der Waals surface area (Å²) in [7, 11) is 0. The molecule has 2 unspecified atom stereocenters. The molecule has 3 aromatic heterocycles. The van der Waals surface area contributed by atoms with Crippen LogP contribution in [0.25, 0.3) is 71.4 Å². The molecule has 0 amide bonds. The highest BCUT2D eigenvalue weighted by Crippen LogP contribution is 2.40. The highest BCUT2D eigenvalue weighted by molar-refractivity contribution is 6.14. The van der Waals surface area contributed by atoms with Gasteiger partial charge in [-0.1, -0.05) is 115 Å². The first-order valence-electron chi connectivity index (χ1n) is 17.6. The second-order valence-corrected chi connectivity index (χ2v) is 13.3. The van der Waals surface area contributed by atoms with Crippen molar-refractivity contribution in [1.29, 1.82) is 0 Å². The lowest BCUT2D eigenvalue weighted by Gasteiger charge is -2.20. The summed E-state index contributed by atoms with van der Waals surface area (Å²) in [5, 5.41) is 10.2. The van der Waals surface area contributed by atoms with Gasteiger partial charge in [0.05, 0.1) is 22.8 Å². The van der Waals surface area contributed by atoms with Crippen molar-refractivity contribution >= 4 is 71.5 Å². The molecule has 0 saturated carbocycles. The molecule has 3 N–H and O–H groups in total. The third-order valence-electron chi connectivity index (χ3n) is 10.2. The number of hydrogen-bond acceptors (Lipinski definition) is 4. The van der Waals surface area contributed by atoms with E-state index in [9.17, 15) is 0 Å². The second-order valence-electron chi connectivity index (χ2n) is 13.3. The van der Waals surface area contributed by atoms with Crippen molar-refractivity contribution in [3.8, 4) is 5.69 Å². The van der Waals surface area contributed by atoms with E-state index in [0.717, 1.165) is 77.3 Å². The van der Waals surface area contributed by atoms with E-state index in [1.54, 1.807) is 0 Å². The van der Waals surface area contributed by atoms with Crippen LogP contribution < -0.4 is 11.1 Å². The predicted octanol–water partition coefficient (Wildman–Crippen LogP) is 11.3. The smallest absolute Gasteiger partial charge is 0.159 e. The Morgan fingerprint density at radius 2 is 1.23 bits per heavy atom. The van der Waals surface area contributed by atoms with Crippen LogP contribution in [0.4, 0.5) is 0 Å². The van der Waals surface area contributed by atoms with Gasteiger partial charge in [-0.25, -0.2) is 0 Å². The molecular weight excluding hydrogens is 641 g/mol. The van der Waals surface area contributed by atoms with Gasteiger partial charge in [0.15, 0.2) is 5.58 Å². The highest BCUT2D eigenvalue weighted by atomic mass is 16.3. The van der Waals surface area contributed by atoms with E-state index in [0.29, 0.717) is 5.84 Å². The second kappa shape index (κ2) is 12.0. The zero-order chi connectivity index (χ0) is 34.8. The summed E-state index contributed by atoms with van der Waals surface area (Å²) in [6, 6.07) is 53.9. The number of nitrogens with zero attached hydrogens (tertiary/aromatic N) is 2. The number of hydrogen-bond donors (Lipinski definition) is 2. The maximum atomic E-state index is 6.78. The lowest BCUT2D eigenvalue weighted by molar-refractivity contribution is 0.664. The molecule has 0 aliphatic rings. The SMILES string of the molecule is CC(/N=C(\NC(N)c1ccccc1)c1ccc2c(c1)oc1ccccc12)c1cccc2oc3c(-n4c5ccccc5c5ccccc54)cccc3c12. The van der Waals surface area contributed by atoms with Gasteiger partial charge >= 0.3 is 0 Å². The van der Waals surface area contributed by atoms with Crippen molar-refractivity contribution in [2.75, 3.05) is 0 Å². The molecule has 0 bridgehead atoms. The maximum Gasteiger partial charge on any atom is 0.159 e. The van der Waals surface area contributed by atoms with E-state index in [1.165, 1.54) is 10.8 Å². The summed E-state index contributed by atoms with van der Waals surface area (Å²) in [5.41, 5.74) is 16.3. The molecule has 52 heavy (non-hydrogen) atoms. The van der Waals surface area contributed by atoms with Gasteiger partial charge in [-0.05, 0) is 60.5 Å². The topological polar surface area (TPSA) is 81.6 Å². The van der Waals surface area contributed by atoms with E-state index in [4.69, 9.17) is 19.6 Å². The normalized spacial score (nSPS) is 13.5. The van der Waals surface area contributed by atoms with Gasteiger partial charge in [-0.15, -0.1) is 0 Å².